The number of fused-ring (bicyclic) bond motifs is 1. The molecule has 2 heteroatoms. The van der Waals surface area contributed by atoms with Crippen molar-refractivity contribution < 1.29 is 9.53 Å². The fourth-order valence-corrected chi connectivity index (χ4v) is 2.31. The SMILES string of the molecule is O=C1OC[C@@H]2[C@H]1[C@@H]2c1ccccc1. The van der Waals surface area contributed by atoms with Gasteiger partial charge in [0.1, 0.15) is 0 Å². The summed E-state index contributed by atoms with van der Waals surface area (Å²) in [6, 6.07) is 10.2. The Morgan fingerprint density at radius 2 is 1.92 bits per heavy atom. The summed E-state index contributed by atoms with van der Waals surface area (Å²) >= 11 is 0. The number of hydrogen-bond donors (Lipinski definition) is 0. The Balaban J connectivity index is 1.88. The van der Waals surface area contributed by atoms with Crippen molar-refractivity contribution in [3.8, 4) is 0 Å². The molecule has 3 rings (SSSR count). The summed E-state index contributed by atoms with van der Waals surface area (Å²) in [6.07, 6.45) is 0. The number of ether oxygens (including phenoxy) is 1. The summed E-state index contributed by atoms with van der Waals surface area (Å²) in [6.45, 7) is 0.628. The van der Waals surface area contributed by atoms with Gasteiger partial charge < -0.3 is 4.74 Å². The highest BCUT2D eigenvalue weighted by atomic mass is 16.5. The van der Waals surface area contributed by atoms with Gasteiger partial charge in [-0.25, -0.2) is 0 Å². The fraction of sp³-hybridized carbons (Fsp3) is 0.364. The van der Waals surface area contributed by atoms with E-state index in [1.807, 2.05) is 18.2 Å². The highest BCUT2D eigenvalue weighted by Crippen LogP contribution is 2.57. The topological polar surface area (TPSA) is 26.3 Å². The molecule has 0 unspecified atom stereocenters. The molecule has 1 aromatic rings. The summed E-state index contributed by atoms with van der Waals surface area (Å²) in [5.74, 6) is 1.08. The average Bonchev–Trinajstić information content (AvgIpc) is 2.80. The lowest BCUT2D eigenvalue weighted by molar-refractivity contribution is -0.141. The second-order valence-corrected chi connectivity index (χ2v) is 3.76. The minimum atomic E-state index is -0.00106. The molecule has 0 radical (unpaired) electrons. The molecular formula is C11H10O2. The maximum Gasteiger partial charge on any atom is 0.310 e. The van der Waals surface area contributed by atoms with Gasteiger partial charge in [0.2, 0.25) is 0 Å². The predicted octanol–water partition coefficient (Wildman–Crippen LogP) is 1.57. The average molecular weight is 174 g/mol. The number of carbonyl (C=O) groups is 1. The van der Waals surface area contributed by atoms with E-state index in [4.69, 9.17) is 4.74 Å². The first-order valence-electron chi connectivity index (χ1n) is 4.59. The maximum absolute atomic E-state index is 11.2. The Hall–Kier alpha value is -1.31. The molecule has 2 aliphatic rings. The van der Waals surface area contributed by atoms with E-state index in [-0.39, 0.29) is 11.9 Å². The molecule has 1 aromatic carbocycles. The van der Waals surface area contributed by atoms with E-state index >= 15 is 0 Å². The summed E-state index contributed by atoms with van der Waals surface area (Å²) in [5, 5.41) is 0. The van der Waals surface area contributed by atoms with Crippen LogP contribution in [0.4, 0.5) is 0 Å². The number of benzene rings is 1. The fourth-order valence-electron chi connectivity index (χ4n) is 2.31. The Bertz CT molecular complexity index is 344. The Labute approximate surface area is 76.5 Å². The molecule has 2 fully saturated rings. The predicted molar refractivity (Wildman–Crippen MR) is 47.1 cm³/mol. The highest BCUT2D eigenvalue weighted by molar-refractivity contribution is 5.80. The van der Waals surface area contributed by atoms with E-state index < -0.39 is 0 Å². The van der Waals surface area contributed by atoms with Crippen molar-refractivity contribution in [3.05, 3.63) is 35.9 Å². The zero-order chi connectivity index (χ0) is 8.84. The first-order chi connectivity index (χ1) is 6.38. The zero-order valence-electron chi connectivity index (χ0n) is 7.14. The first-order valence-corrected chi connectivity index (χ1v) is 4.59. The third kappa shape index (κ3) is 0.916. The second kappa shape index (κ2) is 2.34. The van der Waals surface area contributed by atoms with Gasteiger partial charge in [0, 0.05) is 11.8 Å². The molecule has 1 saturated carbocycles. The van der Waals surface area contributed by atoms with E-state index in [9.17, 15) is 4.79 Å². The molecule has 0 amide bonds. The monoisotopic (exact) mass is 174 g/mol. The van der Waals surface area contributed by atoms with Gasteiger partial charge in [-0.3, -0.25) is 4.79 Å². The first kappa shape index (κ1) is 7.13. The number of esters is 1. The van der Waals surface area contributed by atoms with Crippen LogP contribution in [0.15, 0.2) is 30.3 Å². The largest absolute Gasteiger partial charge is 0.465 e. The summed E-state index contributed by atoms with van der Waals surface area (Å²) in [7, 11) is 0. The maximum atomic E-state index is 11.2. The summed E-state index contributed by atoms with van der Waals surface area (Å²) < 4.78 is 4.93. The Morgan fingerprint density at radius 1 is 1.15 bits per heavy atom. The lowest BCUT2D eigenvalue weighted by Gasteiger charge is -2.03. The Kier molecular flexibility index (Phi) is 1.29. The van der Waals surface area contributed by atoms with Gasteiger partial charge in [-0.15, -0.1) is 0 Å². The van der Waals surface area contributed by atoms with Gasteiger partial charge in [-0.05, 0) is 5.56 Å². The van der Waals surface area contributed by atoms with Crippen molar-refractivity contribution in [3.63, 3.8) is 0 Å². The molecule has 1 aliphatic carbocycles. The van der Waals surface area contributed by atoms with Crippen LogP contribution in [-0.2, 0) is 9.53 Å². The van der Waals surface area contributed by atoms with Crippen LogP contribution in [0.3, 0.4) is 0 Å². The molecule has 13 heavy (non-hydrogen) atoms. The van der Waals surface area contributed by atoms with Crippen LogP contribution in [0, 0.1) is 11.8 Å². The van der Waals surface area contributed by atoms with Gasteiger partial charge >= 0.3 is 5.97 Å². The van der Waals surface area contributed by atoms with Crippen molar-refractivity contribution in [1.82, 2.24) is 0 Å². The molecule has 0 aromatic heterocycles. The lowest BCUT2D eigenvalue weighted by Crippen LogP contribution is -2.03. The van der Waals surface area contributed by atoms with E-state index in [2.05, 4.69) is 12.1 Å². The molecule has 1 heterocycles. The van der Waals surface area contributed by atoms with Gasteiger partial charge in [0.05, 0.1) is 12.5 Å². The van der Waals surface area contributed by atoms with Crippen LogP contribution in [0.1, 0.15) is 11.5 Å². The van der Waals surface area contributed by atoms with Gasteiger partial charge in [-0.2, -0.15) is 0 Å². The molecule has 1 saturated heterocycles. The molecule has 2 nitrogen and oxygen atoms in total. The molecular weight excluding hydrogens is 164 g/mol. The number of carbonyl (C=O) groups excluding carboxylic acids is 1. The standard InChI is InChI=1S/C11H10O2/c12-11-10-8(6-13-11)9(10)7-4-2-1-3-5-7/h1-5,8-10H,6H2/t8-,9+,10-/m0/s1. The van der Waals surface area contributed by atoms with Crippen LogP contribution in [-0.4, -0.2) is 12.6 Å². The van der Waals surface area contributed by atoms with Crippen LogP contribution in [0.25, 0.3) is 0 Å². The van der Waals surface area contributed by atoms with Gasteiger partial charge in [-0.1, -0.05) is 30.3 Å². The van der Waals surface area contributed by atoms with Crippen molar-refractivity contribution >= 4 is 5.97 Å². The zero-order valence-corrected chi connectivity index (χ0v) is 7.14. The minimum absolute atomic E-state index is 0.00106. The molecule has 0 bridgehead atoms. The number of cyclic esters (lactones) is 1. The van der Waals surface area contributed by atoms with E-state index in [0.717, 1.165) is 0 Å². The van der Waals surface area contributed by atoms with E-state index in [0.29, 0.717) is 18.4 Å². The lowest BCUT2D eigenvalue weighted by atomic mass is 10.1. The van der Waals surface area contributed by atoms with E-state index in [1.54, 1.807) is 0 Å². The van der Waals surface area contributed by atoms with E-state index in [1.165, 1.54) is 5.56 Å². The molecule has 0 spiro atoms. The van der Waals surface area contributed by atoms with Gasteiger partial charge in [0.25, 0.3) is 0 Å². The summed E-state index contributed by atoms with van der Waals surface area (Å²) in [4.78, 5) is 11.2. The normalized spacial score (nSPS) is 35.4. The molecule has 3 atom stereocenters. The second-order valence-electron chi connectivity index (χ2n) is 3.76. The molecule has 0 N–H and O–H groups in total. The van der Waals surface area contributed by atoms with Crippen LogP contribution in [0.5, 0.6) is 0 Å². The number of rotatable bonds is 1. The van der Waals surface area contributed by atoms with Crippen LogP contribution in [0.2, 0.25) is 0 Å². The molecule has 1 aliphatic heterocycles. The van der Waals surface area contributed by atoms with Crippen molar-refractivity contribution in [2.75, 3.05) is 6.61 Å². The van der Waals surface area contributed by atoms with Crippen LogP contribution >= 0.6 is 0 Å². The number of hydrogen-bond acceptors (Lipinski definition) is 2. The van der Waals surface area contributed by atoms with Gasteiger partial charge in [0.15, 0.2) is 0 Å². The van der Waals surface area contributed by atoms with Crippen molar-refractivity contribution in [1.29, 1.82) is 0 Å². The van der Waals surface area contributed by atoms with Crippen molar-refractivity contribution in [2.24, 2.45) is 11.8 Å². The third-order valence-corrected chi connectivity index (χ3v) is 3.04. The third-order valence-electron chi connectivity index (χ3n) is 3.04. The smallest absolute Gasteiger partial charge is 0.310 e. The highest BCUT2D eigenvalue weighted by Gasteiger charge is 2.60. The van der Waals surface area contributed by atoms with Crippen molar-refractivity contribution in [2.45, 2.75) is 5.92 Å². The minimum Gasteiger partial charge on any atom is -0.465 e. The summed E-state index contributed by atoms with van der Waals surface area (Å²) in [5.41, 5.74) is 1.29. The quantitative estimate of drug-likeness (QED) is 0.604. The molecule has 66 valence electrons. The Morgan fingerprint density at radius 3 is 2.54 bits per heavy atom. The van der Waals surface area contributed by atoms with Crippen LogP contribution < -0.4 is 0 Å².